The average Bonchev–Trinajstić information content (AvgIpc) is 2.48. The highest BCUT2D eigenvalue weighted by molar-refractivity contribution is 5.38. The molecule has 1 aromatic carbocycles. The van der Waals surface area contributed by atoms with Gasteiger partial charge in [0.1, 0.15) is 5.75 Å². The van der Waals surface area contributed by atoms with Crippen molar-refractivity contribution < 1.29 is 4.74 Å². The second-order valence-electron chi connectivity index (χ2n) is 6.29. The van der Waals surface area contributed by atoms with Crippen LogP contribution in [-0.4, -0.2) is 31.6 Å². The number of hydrogen-bond acceptors (Lipinski definition) is 3. The Kier molecular flexibility index (Phi) is 6.07. The third kappa shape index (κ3) is 4.45. The number of benzene rings is 1. The Morgan fingerprint density at radius 1 is 1.43 bits per heavy atom. The van der Waals surface area contributed by atoms with Crippen molar-refractivity contribution in [2.24, 2.45) is 5.92 Å². The highest BCUT2D eigenvalue weighted by Crippen LogP contribution is 2.27. The van der Waals surface area contributed by atoms with Gasteiger partial charge in [-0.25, -0.2) is 0 Å². The molecular formula is C18H30N2O. The van der Waals surface area contributed by atoms with E-state index in [1.807, 2.05) is 7.05 Å². The molecule has 0 amide bonds. The average molecular weight is 290 g/mol. The number of nitrogens with one attached hydrogen (secondary N) is 1. The molecular weight excluding hydrogens is 260 g/mol. The summed E-state index contributed by atoms with van der Waals surface area (Å²) in [5.41, 5.74) is 2.66. The largest absolute Gasteiger partial charge is 0.494 e. The van der Waals surface area contributed by atoms with Crippen LogP contribution in [0.5, 0.6) is 5.75 Å². The molecule has 1 heterocycles. The Morgan fingerprint density at radius 2 is 2.24 bits per heavy atom. The van der Waals surface area contributed by atoms with Crippen LogP contribution in [0, 0.1) is 5.92 Å². The van der Waals surface area contributed by atoms with E-state index in [1.54, 1.807) is 0 Å². The van der Waals surface area contributed by atoms with Gasteiger partial charge in [0, 0.05) is 24.7 Å². The van der Waals surface area contributed by atoms with Gasteiger partial charge in [-0.05, 0) is 63.9 Å². The normalized spacial score (nSPS) is 21.2. The number of rotatable bonds is 6. The molecule has 1 saturated heterocycles. The van der Waals surface area contributed by atoms with E-state index in [1.165, 1.54) is 37.1 Å². The number of ether oxygens (including phenoxy) is 1. The molecule has 1 aliphatic heterocycles. The molecule has 1 fully saturated rings. The van der Waals surface area contributed by atoms with E-state index >= 15 is 0 Å². The number of piperidine rings is 1. The maximum absolute atomic E-state index is 5.83. The van der Waals surface area contributed by atoms with E-state index in [9.17, 15) is 0 Å². The maximum Gasteiger partial charge on any atom is 0.123 e. The molecule has 21 heavy (non-hydrogen) atoms. The fraction of sp³-hybridized carbons (Fsp3) is 0.667. The standard InChI is InChI=1S/C18H30N2O/c1-5-21-18-9-8-16(15(3)19-4)11-17(18)13-20-10-6-7-14(2)12-20/h8-9,11,14-15,19H,5-7,10,12-13H2,1-4H3. The Labute approximate surface area is 129 Å². The first kappa shape index (κ1) is 16.3. The highest BCUT2D eigenvalue weighted by Gasteiger charge is 2.18. The van der Waals surface area contributed by atoms with Crippen LogP contribution >= 0.6 is 0 Å². The van der Waals surface area contributed by atoms with Gasteiger partial charge in [-0.1, -0.05) is 13.0 Å². The predicted molar refractivity (Wildman–Crippen MR) is 88.8 cm³/mol. The summed E-state index contributed by atoms with van der Waals surface area (Å²) in [5.74, 6) is 1.86. The van der Waals surface area contributed by atoms with Crippen molar-refractivity contribution in [1.29, 1.82) is 0 Å². The first-order valence-corrected chi connectivity index (χ1v) is 8.29. The summed E-state index contributed by atoms with van der Waals surface area (Å²) in [7, 11) is 2.01. The van der Waals surface area contributed by atoms with Crippen molar-refractivity contribution in [2.75, 3.05) is 26.7 Å². The van der Waals surface area contributed by atoms with Crippen LogP contribution in [0.4, 0.5) is 0 Å². The molecule has 2 unspecified atom stereocenters. The van der Waals surface area contributed by atoms with Gasteiger partial charge in [0.2, 0.25) is 0 Å². The Bertz CT molecular complexity index is 447. The van der Waals surface area contributed by atoms with Crippen LogP contribution in [0.1, 0.15) is 50.8 Å². The predicted octanol–water partition coefficient (Wildman–Crippen LogP) is 3.60. The molecule has 3 nitrogen and oxygen atoms in total. The number of likely N-dealkylation sites (tertiary alicyclic amines) is 1. The summed E-state index contributed by atoms with van der Waals surface area (Å²) in [6, 6.07) is 7.00. The molecule has 0 aromatic heterocycles. The summed E-state index contributed by atoms with van der Waals surface area (Å²) in [5, 5.41) is 3.32. The molecule has 0 spiro atoms. The topological polar surface area (TPSA) is 24.5 Å². The van der Waals surface area contributed by atoms with Crippen molar-refractivity contribution in [1.82, 2.24) is 10.2 Å². The summed E-state index contributed by atoms with van der Waals surface area (Å²) < 4.78 is 5.83. The van der Waals surface area contributed by atoms with Crippen molar-refractivity contribution in [3.63, 3.8) is 0 Å². The minimum Gasteiger partial charge on any atom is -0.494 e. The van der Waals surface area contributed by atoms with Crippen LogP contribution in [-0.2, 0) is 6.54 Å². The van der Waals surface area contributed by atoms with Gasteiger partial charge in [-0.2, -0.15) is 0 Å². The molecule has 0 radical (unpaired) electrons. The van der Waals surface area contributed by atoms with Crippen LogP contribution in [0.3, 0.4) is 0 Å². The minimum atomic E-state index is 0.375. The Balaban J connectivity index is 2.17. The summed E-state index contributed by atoms with van der Waals surface area (Å²) >= 11 is 0. The lowest BCUT2D eigenvalue weighted by Crippen LogP contribution is -2.33. The molecule has 3 heteroatoms. The summed E-state index contributed by atoms with van der Waals surface area (Å²) in [6.45, 7) is 10.8. The first-order chi connectivity index (χ1) is 10.1. The van der Waals surface area contributed by atoms with Gasteiger partial charge in [0.15, 0.2) is 0 Å². The monoisotopic (exact) mass is 290 g/mol. The second kappa shape index (κ2) is 7.81. The van der Waals surface area contributed by atoms with Crippen LogP contribution in [0.2, 0.25) is 0 Å². The first-order valence-electron chi connectivity index (χ1n) is 8.29. The number of hydrogen-bond donors (Lipinski definition) is 1. The molecule has 2 rings (SSSR count). The summed E-state index contributed by atoms with van der Waals surface area (Å²) in [6.07, 6.45) is 2.68. The molecule has 0 aliphatic carbocycles. The van der Waals surface area contributed by atoms with Gasteiger partial charge in [0.05, 0.1) is 6.61 Å². The van der Waals surface area contributed by atoms with Crippen molar-refractivity contribution >= 4 is 0 Å². The molecule has 0 saturated carbocycles. The van der Waals surface area contributed by atoms with E-state index in [0.717, 1.165) is 24.8 Å². The fourth-order valence-electron chi connectivity index (χ4n) is 3.13. The lowest BCUT2D eigenvalue weighted by molar-refractivity contribution is 0.174. The zero-order chi connectivity index (χ0) is 15.2. The van der Waals surface area contributed by atoms with Gasteiger partial charge >= 0.3 is 0 Å². The van der Waals surface area contributed by atoms with E-state index in [2.05, 4.69) is 49.2 Å². The zero-order valence-corrected chi connectivity index (χ0v) is 14.0. The maximum atomic E-state index is 5.83. The lowest BCUT2D eigenvalue weighted by atomic mass is 9.98. The quantitative estimate of drug-likeness (QED) is 0.866. The zero-order valence-electron chi connectivity index (χ0n) is 14.0. The molecule has 1 N–H and O–H groups in total. The smallest absolute Gasteiger partial charge is 0.123 e. The highest BCUT2D eigenvalue weighted by atomic mass is 16.5. The third-order valence-electron chi connectivity index (χ3n) is 4.45. The molecule has 1 aliphatic rings. The van der Waals surface area contributed by atoms with Crippen LogP contribution in [0.25, 0.3) is 0 Å². The Hall–Kier alpha value is -1.06. The van der Waals surface area contributed by atoms with Crippen molar-refractivity contribution in [3.8, 4) is 5.75 Å². The van der Waals surface area contributed by atoms with Gasteiger partial charge in [-0.15, -0.1) is 0 Å². The van der Waals surface area contributed by atoms with E-state index in [-0.39, 0.29) is 0 Å². The SMILES string of the molecule is CCOc1ccc(C(C)NC)cc1CN1CCCC(C)C1. The van der Waals surface area contributed by atoms with E-state index in [4.69, 9.17) is 4.74 Å². The second-order valence-corrected chi connectivity index (χ2v) is 6.29. The van der Waals surface area contributed by atoms with E-state index < -0.39 is 0 Å². The summed E-state index contributed by atoms with van der Waals surface area (Å²) in [4.78, 5) is 2.57. The molecule has 1 aromatic rings. The minimum absolute atomic E-state index is 0.375. The molecule has 2 atom stereocenters. The van der Waals surface area contributed by atoms with Gasteiger partial charge in [-0.3, -0.25) is 4.90 Å². The van der Waals surface area contributed by atoms with Crippen molar-refractivity contribution in [2.45, 2.75) is 46.2 Å². The van der Waals surface area contributed by atoms with Crippen LogP contribution < -0.4 is 10.1 Å². The third-order valence-corrected chi connectivity index (χ3v) is 4.45. The van der Waals surface area contributed by atoms with Crippen molar-refractivity contribution in [3.05, 3.63) is 29.3 Å². The molecule has 0 bridgehead atoms. The molecule has 118 valence electrons. The van der Waals surface area contributed by atoms with E-state index in [0.29, 0.717) is 6.04 Å². The van der Waals surface area contributed by atoms with Gasteiger partial charge < -0.3 is 10.1 Å². The van der Waals surface area contributed by atoms with Gasteiger partial charge in [0.25, 0.3) is 0 Å². The Morgan fingerprint density at radius 3 is 2.90 bits per heavy atom. The lowest BCUT2D eigenvalue weighted by Gasteiger charge is -2.31. The fourth-order valence-corrected chi connectivity index (χ4v) is 3.13. The number of nitrogens with zero attached hydrogens (tertiary/aromatic N) is 1. The van der Waals surface area contributed by atoms with Crippen LogP contribution in [0.15, 0.2) is 18.2 Å².